The maximum Gasteiger partial charge on any atom is 0.246 e. The summed E-state index contributed by atoms with van der Waals surface area (Å²) in [5, 5.41) is 0. The number of nitrogens with zero attached hydrogens (tertiary/aromatic N) is 1. The van der Waals surface area contributed by atoms with Crippen molar-refractivity contribution in [1.29, 1.82) is 0 Å². The SMILES string of the molecule is COc1cc2c(cc1CCC=CC(=O)N1CCCCC1)OCO2. The lowest BCUT2D eigenvalue weighted by Crippen LogP contribution is -2.34. The summed E-state index contributed by atoms with van der Waals surface area (Å²) >= 11 is 0. The third-order valence-corrected chi connectivity index (χ3v) is 4.28. The molecule has 1 fully saturated rings. The Morgan fingerprint density at radius 3 is 2.70 bits per heavy atom. The molecule has 0 radical (unpaired) electrons. The largest absolute Gasteiger partial charge is 0.496 e. The van der Waals surface area contributed by atoms with E-state index in [1.165, 1.54) is 6.42 Å². The first-order valence-electron chi connectivity index (χ1n) is 8.20. The molecule has 2 aliphatic rings. The number of benzene rings is 1. The van der Waals surface area contributed by atoms with Crippen LogP contribution in [0.25, 0.3) is 0 Å². The van der Waals surface area contributed by atoms with Crippen molar-refractivity contribution in [3.05, 3.63) is 29.8 Å². The van der Waals surface area contributed by atoms with Crippen LogP contribution in [0.4, 0.5) is 0 Å². The number of hydrogen-bond acceptors (Lipinski definition) is 4. The number of hydrogen-bond donors (Lipinski definition) is 0. The fourth-order valence-electron chi connectivity index (χ4n) is 2.99. The van der Waals surface area contributed by atoms with Crippen LogP contribution < -0.4 is 14.2 Å². The molecule has 1 saturated heterocycles. The van der Waals surface area contributed by atoms with Crippen LogP contribution in [0.3, 0.4) is 0 Å². The number of fused-ring (bicyclic) bond motifs is 1. The Hall–Kier alpha value is -2.17. The van der Waals surface area contributed by atoms with E-state index in [4.69, 9.17) is 14.2 Å². The van der Waals surface area contributed by atoms with Gasteiger partial charge in [-0.25, -0.2) is 0 Å². The van der Waals surface area contributed by atoms with Gasteiger partial charge in [-0.3, -0.25) is 4.79 Å². The number of carbonyl (C=O) groups is 1. The van der Waals surface area contributed by atoms with Crippen LogP contribution in [0.2, 0.25) is 0 Å². The molecule has 1 amide bonds. The second-order valence-electron chi connectivity index (χ2n) is 5.84. The highest BCUT2D eigenvalue weighted by Crippen LogP contribution is 2.38. The van der Waals surface area contributed by atoms with Crippen LogP contribution in [0.1, 0.15) is 31.2 Å². The third-order valence-electron chi connectivity index (χ3n) is 4.28. The number of carbonyl (C=O) groups excluding carboxylic acids is 1. The van der Waals surface area contributed by atoms with E-state index in [-0.39, 0.29) is 12.7 Å². The lowest BCUT2D eigenvalue weighted by atomic mass is 10.1. The van der Waals surface area contributed by atoms with Gasteiger partial charge in [0, 0.05) is 19.2 Å². The van der Waals surface area contributed by atoms with Gasteiger partial charge in [0.1, 0.15) is 5.75 Å². The molecular weight excluding hydrogens is 294 g/mol. The first-order chi connectivity index (χ1) is 11.3. The van der Waals surface area contributed by atoms with Crippen molar-refractivity contribution < 1.29 is 19.0 Å². The van der Waals surface area contributed by atoms with E-state index in [1.807, 2.05) is 23.1 Å². The van der Waals surface area contributed by atoms with Gasteiger partial charge in [-0.15, -0.1) is 0 Å². The zero-order valence-electron chi connectivity index (χ0n) is 13.5. The number of methoxy groups -OCH3 is 1. The first kappa shape index (κ1) is 15.7. The van der Waals surface area contributed by atoms with E-state index in [2.05, 4.69) is 0 Å². The molecule has 1 aromatic carbocycles. The predicted octanol–water partition coefficient (Wildman–Crippen LogP) is 2.93. The van der Waals surface area contributed by atoms with Gasteiger partial charge in [-0.1, -0.05) is 6.08 Å². The average molecular weight is 317 g/mol. The third kappa shape index (κ3) is 3.78. The van der Waals surface area contributed by atoms with E-state index in [9.17, 15) is 4.79 Å². The van der Waals surface area contributed by atoms with E-state index in [1.54, 1.807) is 13.2 Å². The zero-order valence-corrected chi connectivity index (χ0v) is 13.5. The number of aryl methyl sites for hydroxylation is 1. The molecule has 2 aliphatic heterocycles. The van der Waals surface area contributed by atoms with Crippen molar-refractivity contribution in [2.24, 2.45) is 0 Å². The molecule has 5 heteroatoms. The van der Waals surface area contributed by atoms with Gasteiger partial charge in [0.15, 0.2) is 11.5 Å². The number of likely N-dealkylation sites (tertiary alicyclic amines) is 1. The lowest BCUT2D eigenvalue weighted by molar-refractivity contribution is -0.126. The van der Waals surface area contributed by atoms with E-state index in [0.717, 1.165) is 61.6 Å². The normalized spacial score (nSPS) is 16.8. The molecule has 0 N–H and O–H groups in total. The second-order valence-corrected chi connectivity index (χ2v) is 5.84. The van der Waals surface area contributed by atoms with E-state index in [0.29, 0.717) is 0 Å². The van der Waals surface area contributed by atoms with E-state index >= 15 is 0 Å². The summed E-state index contributed by atoms with van der Waals surface area (Å²) in [4.78, 5) is 14.0. The molecule has 0 spiro atoms. The molecule has 124 valence electrons. The monoisotopic (exact) mass is 317 g/mol. The summed E-state index contributed by atoms with van der Waals surface area (Å²) in [6.07, 6.45) is 8.70. The first-order valence-corrected chi connectivity index (χ1v) is 8.20. The van der Waals surface area contributed by atoms with E-state index < -0.39 is 0 Å². The Morgan fingerprint density at radius 1 is 1.22 bits per heavy atom. The quantitative estimate of drug-likeness (QED) is 0.784. The predicted molar refractivity (Wildman–Crippen MR) is 87.0 cm³/mol. The summed E-state index contributed by atoms with van der Waals surface area (Å²) in [5.41, 5.74) is 1.06. The average Bonchev–Trinajstić information content (AvgIpc) is 3.05. The highest BCUT2D eigenvalue weighted by Gasteiger charge is 2.17. The van der Waals surface area contributed by atoms with Crippen LogP contribution in [0, 0.1) is 0 Å². The molecule has 0 atom stereocenters. The van der Waals surface area contributed by atoms with Crippen LogP contribution in [-0.4, -0.2) is 37.8 Å². The fourth-order valence-corrected chi connectivity index (χ4v) is 2.99. The van der Waals surface area contributed by atoms with Crippen LogP contribution in [0.15, 0.2) is 24.3 Å². The summed E-state index contributed by atoms with van der Waals surface area (Å²) in [7, 11) is 1.65. The Balaban J connectivity index is 1.56. The molecule has 23 heavy (non-hydrogen) atoms. The van der Waals surface area contributed by atoms with Crippen molar-refractivity contribution in [3.63, 3.8) is 0 Å². The van der Waals surface area contributed by atoms with Crippen LogP contribution in [0.5, 0.6) is 17.2 Å². The van der Waals surface area contributed by atoms with Crippen molar-refractivity contribution >= 4 is 5.91 Å². The van der Waals surface area contributed by atoms with Gasteiger partial charge in [0.2, 0.25) is 12.7 Å². The van der Waals surface area contributed by atoms with Gasteiger partial charge in [-0.2, -0.15) is 0 Å². The zero-order chi connectivity index (χ0) is 16.1. The van der Waals surface area contributed by atoms with Crippen molar-refractivity contribution in [1.82, 2.24) is 4.90 Å². The lowest BCUT2D eigenvalue weighted by Gasteiger charge is -2.25. The Labute approximate surface area is 136 Å². The molecule has 1 aromatic rings. The van der Waals surface area contributed by atoms with Gasteiger partial charge >= 0.3 is 0 Å². The van der Waals surface area contributed by atoms with Gasteiger partial charge in [0.05, 0.1) is 7.11 Å². The van der Waals surface area contributed by atoms with Crippen molar-refractivity contribution in [2.45, 2.75) is 32.1 Å². The minimum absolute atomic E-state index is 0.127. The van der Waals surface area contributed by atoms with Crippen LogP contribution >= 0.6 is 0 Å². The van der Waals surface area contributed by atoms with Gasteiger partial charge in [-0.05, 0) is 49.8 Å². The summed E-state index contributed by atoms with van der Waals surface area (Å²) in [6.45, 7) is 2.03. The Kier molecular flexibility index (Phi) is 5.05. The highest BCUT2D eigenvalue weighted by atomic mass is 16.7. The molecule has 0 bridgehead atoms. The standard InChI is InChI=1S/C18H23NO4/c1-21-15-12-17-16(22-13-23-17)11-14(15)7-3-4-8-18(20)19-9-5-2-6-10-19/h4,8,11-12H,2-3,5-7,9-10,13H2,1H3. The number of amides is 1. The Morgan fingerprint density at radius 2 is 1.96 bits per heavy atom. The maximum atomic E-state index is 12.1. The van der Waals surface area contributed by atoms with Crippen LogP contribution in [-0.2, 0) is 11.2 Å². The van der Waals surface area contributed by atoms with Crippen molar-refractivity contribution in [3.8, 4) is 17.2 Å². The summed E-state index contributed by atoms with van der Waals surface area (Å²) in [5.74, 6) is 2.41. The van der Waals surface area contributed by atoms with Gasteiger partial charge < -0.3 is 19.1 Å². The molecule has 3 rings (SSSR count). The second kappa shape index (κ2) is 7.40. The topological polar surface area (TPSA) is 48.0 Å². The molecule has 5 nitrogen and oxygen atoms in total. The molecule has 0 aliphatic carbocycles. The maximum absolute atomic E-state index is 12.1. The highest BCUT2D eigenvalue weighted by molar-refractivity contribution is 5.87. The fraction of sp³-hybridized carbons (Fsp3) is 0.500. The minimum atomic E-state index is 0.127. The summed E-state index contributed by atoms with van der Waals surface area (Å²) in [6, 6.07) is 3.82. The molecule has 0 saturated carbocycles. The number of rotatable bonds is 5. The molecule has 2 heterocycles. The number of ether oxygens (including phenoxy) is 3. The number of piperidine rings is 1. The van der Waals surface area contributed by atoms with Crippen molar-refractivity contribution in [2.75, 3.05) is 27.0 Å². The molecular formula is C18H23NO4. The summed E-state index contributed by atoms with van der Waals surface area (Å²) < 4.78 is 16.2. The molecule has 0 aromatic heterocycles. The minimum Gasteiger partial charge on any atom is -0.496 e. The number of allylic oxidation sites excluding steroid dienone is 1. The Bertz CT molecular complexity index is 591. The van der Waals surface area contributed by atoms with Gasteiger partial charge in [0.25, 0.3) is 0 Å². The smallest absolute Gasteiger partial charge is 0.246 e. The molecule has 0 unspecified atom stereocenters.